The topological polar surface area (TPSA) is 74.7 Å². The molecular weight excluding hydrogens is 307 g/mol. The van der Waals surface area contributed by atoms with E-state index in [2.05, 4.69) is 16.4 Å². The molecule has 3 N–H and O–H groups in total. The first kappa shape index (κ1) is 14.2. The average Bonchev–Trinajstić information content (AvgIpc) is 2.46. The Labute approximate surface area is 132 Å². The molecule has 2 aromatic rings. The van der Waals surface area contributed by atoms with Crippen LogP contribution in [0.5, 0.6) is 0 Å². The number of halogens is 2. The van der Waals surface area contributed by atoms with Gasteiger partial charge in [0.2, 0.25) is 0 Å². The molecule has 1 aliphatic rings. The Kier molecular flexibility index (Phi) is 3.73. The van der Waals surface area contributed by atoms with Crippen LogP contribution in [0.25, 0.3) is 11.1 Å². The van der Waals surface area contributed by atoms with Gasteiger partial charge in [0.05, 0.1) is 0 Å². The molecule has 4 nitrogen and oxygen atoms in total. The molecule has 0 spiro atoms. The van der Waals surface area contributed by atoms with E-state index in [4.69, 9.17) is 28.9 Å². The largest absolute Gasteiger partial charge is 0.383 e. The first-order valence-corrected chi connectivity index (χ1v) is 7.25. The fourth-order valence-electron chi connectivity index (χ4n) is 2.61. The van der Waals surface area contributed by atoms with Crippen LogP contribution in [-0.2, 0) is 13.0 Å². The number of aromatic nitrogens is 1. The van der Waals surface area contributed by atoms with Crippen LogP contribution in [0.4, 0.5) is 5.82 Å². The number of hydrogen-bond acceptors (Lipinski definition) is 4. The monoisotopic (exact) mass is 318 g/mol. The van der Waals surface area contributed by atoms with Gasteiger partial charge in [-0.05, 0) is 17.7 Å². The van der Waals surface area contributed by atoms with Crippen LogP contribution in [0.1, 0.15) is 16.8 Å². The normalized spacial score (nSPS) is 13.6. The summed E-state index contributed by atoms with van der Waals surface area (Å²) in [6, 6.07) is 7.38. The second kappa shape index (κ2) is 5.53. The number of pyridine rings is 1. The molecule has 2 heterocycles. The predicted octanol–water partition coefficient (Wildman–Crippen LogP) is 3.15. The molecular formula is C15H12Cl2N4. The van der Waals surface area contributed by atoms with Gasteiger partial charge in [0.1, 0.15) is 17.5 Å². The molecule has 106 valence electrons. The number of fused-ring (bicyclic) bond motifs is 1. The summed E-state index contributed by atoms with van der Waals surface area (Å²) in [6.45, 7) is 1.49. The SMILES string of the molecule is N#Cc1c(N)nc2c(c1-c1ccc(Cl)cc1Cl)CNCC2. The number of nitrogens with two attached hydrogens (primary N) is 1. The molecule has 0 fully saturated rings. The van der Waals surface area contributed by atoms with Crippen LogP contribution in [0.2, 0.25) is 10.0 Å². The van der Waals surface area contributed by atoms with E-state index >= 15 is 0 Å². The van der Waals surface area contributed by atoms with Crippen molar-refractivity contribution < 1.29 is 0 Å². The number of nitriles is 1. The van der Waals surface area contributed by atoms with Crippen molar-refractivity contribution in [2.75, 3.05) is 12.3 Å². The van der Waals surface area contributed by atoms with Crippen molar-refractivity contribution >= 4 is 29.0 Å². The Morgan fingerprint density at radius 3 is 2.86 bits per heavy atom. The number of nitrogens with one attached hydrogen (secondary N) is 1. The van der Waals surface area contributed by atoms with Crippen molar-refractivity contribution in [1.82, 2.24) is 10.3 Å². The first-order valence-electron chi connectivity index (χ1n) is 6.49. The van der Waals surface area contributed by atoms with Gasteiger partial charge in [-0.2, -0.15) is 5.26 Å². The highest BCUT2D eigenvalue weighted by atomic mass is 35.5. The molecule has 3 rings (SSSR count). The summed E-state index contributed by atoms with van der Waals surface area (Å²) < 4.78 is 0. The quantitative estimate of drug-likeness (QED) is 0.847. The van der Waals surface area contributed by atoms with E-state index in [0.717, 1.165) is 35.3 Å². The van der Waals surface area contributed by atoms with Crippen LogP contribution >= 0.6 is 23.2 Å². The predicted molar refractivity (Wildman–Crippen MR) is 84.2 cm³/mol. The first-order chi connectivity index (χ1) is 10.1. The Morgan fingerprint density at radius 1 is 1.33 bits per heavy atom. The number of nitrogen functional groups attached to an aromatic ring is 1. The Morgan fingerprint density at radius 2 is 2.14 bits per heavy atom. The number of benzene rings is 1. The molecule has 0 bridgehead atoms. The molecule has 0 radical (unpaired) electrons. The van der Waals surface area contributed by atoms with Crippen LogP contribution in [0.15, 0.2) is 18.2 Å². The standard InChI is InChI=1S/C15H12Cl2N4/c16-8-1-2-9(12(17)5-8)14-10(6-18)15(19)21-13-3-4-20-7-11(13)14/h1-2,5,20H,3-4,7H2,(H2,19,21). The van der Waals surface area contributed by atoms with Gasteiger partial charge in [0, 0.05) is 46.4 Å². The second-order valence-corrected chi connectivity index (χ2v) is 5.68. The van der Waals surface area contributed by atoms with Gasteiger partial charge in [-0.3, -0.25) is 0 Å². The summed E-state index contributed by atoms with van der Waals surface area (Å²) in [5.74, 6) is 0.249. The molecule has 0 atom stereocenters. The molecule has 21 heavy (non-hydrogen) atoms. The Bertz CT molecular complexity index is 765. The van der Waals surface area contributed by atoms with Gasteiger partial charge in [-0.25, -0.2) is 4.98 Å². The highest BCUT2D eigenvalue weighted by molar-refractivity contribution is 6.36. The van der Waals surface area contributed by atoms with Crippen molar-refractivity contribution in [1.29, 1.82) is 5.26 Å². The third kappa shape index (κ3) is 2.44. The summed E-state index contributed by atoms with van der Waals surface area (Å²) in [7, 11) is 0. The summed E-state index contributed by atoms with van der Waals surface area (Å²) >= 11 is 12.3. The van der Waals surface area contributed by atoms with E-state index in [-0.39, 0.29) is 5.82 Å². The van der Waals surface area contributed by atoms with Gasteiger partial charge < -0.3 is 11.1 Å². The van der Waals surface area contributed by atoms with Gasteiger partial charge in [0.25, 0.3) is 0 Å². The van der Waals surface area contributed by atoms with E-state index in [9.17, 15) is 5.26 Å². The molecule has 0 saturated heterocycles. The minimum absolute atomic E-state index is 0.249. The van der Waals surface area contributed by atoms with E-state index in [1.807, 2.05) is 6.07 Å². The van der Waals surface area contributed by atoms with E-state index in [1.54, 1.807) is 12.1 Å². The lowest BCUT2D eigenvalue weighted by molar-refractivity contribution is 0.632. The summed E-state index contributed by atoms with van der Waals surface area (Å²) in [6.07, 6.45) is 0.781. The lowest BCUT2D eigenvalue weighted by atomic mass is 9.91. The highest BCUT2D eigenvalue weighted by Crippen LogP contribution is 2.38. The molecule has 0 aliphatic carbocycles. The number of hydrogen-bond donors (Lipinski definition) is 2. The zero-order chi connectivity index (χ0) is 15.0. The minimum atomic E-state index is 0.249. The van der Waals surface area contributed by atoms with Crippen LogP contribution in [0.3, 0.4) is 0 Å². The summed E-state index contributed by atoms with van der Waals surface area (Å²) in [5.41, 5.74) is 9.73. The number of nitrogens with zero attached hydrogens (tertiary/aromatic N) is 2. The lowest BCUT2D eigenvalue weighted by Gasteiger charge is -2.22. The van der Waals surface area contributed by atoms with Crippen LogP contribution in [0, 0.1) is 11.3 Å². The van der Waals surface area contributed by atoms with Crippen LogP contribution < -0.4 is 11.1 Å². The van der Waals surface area contributed by atoms with Gasteiger partial charge in [-0.1, -0.05) is 29.3 Å². The molecule has 1 aromatic carbocycles. The van der Waals surface area contributed by atoms with E-state index < -0.39 is 0 Å². The molecule has 0 unspecified atom stereocenters. The fraction of sp³-hybridized carbons (Fsp3) is 0.200. The molecule has 1 aliphatic heterocycles. The zero-order valence-electron chi connectivity index (χ0n) is 11.1. The van der Waals surface area contributed by atoms with Crippen molar-refractivity contribution in [3.63, 3.8) is 0 Å². The Hall–Kier alpha value is -1.80. The van der Waals surface area contributed by atoms with E-state index in [1.165, 1.54) is 0 Å². The molecule has 0 amide bonds. The Balaban J connectivity index is 2.34. The zero-order valence-corrected chi connectivity index (χ0v) is 12.6. The average molecular weight is 319 g/mol. The second-order valence-electron chi connectivity index (χ2n) is 4.84. The van der Waals surface area contributed by atoms with Gasteiger partial charge in [0.15, 0.2) is 0 Å². The van der Waals surface area contributed by atoms with Crippen LogP contribution in [-0.4, -0.2) is 11.5 Å². The van der Waals surface area contributed by atoms with Gasteiger partial charge in [-0.15, -0.1) is 0 Å². The summed E-state index contributed by atoms with van der Waals surface area (Å²) in [4.78, 5) is 4.36. The third-order valence-corrected chi connectivity index (χ3v) is 4.11. The summed E-state index contributed by atoms with van der Waals surface area (Å²) in [5, 5.41) is 13.8. The maximum Gasteiger partial charge on any atom is 0.142 e. The van der Waals surface area contributed by atoms with Crippen molar-refractivity contribution in [2.45, 2.75) is 13.0 Å². The molecule has 1 aromatic heterocycles. The lowest BCUT2D eigenvalue weighted by Crippen LogP contribution is -2.26. The third-order valence-electron chi connectivity index (χ3n) is 3.56. The van der Waals surface area contributed by atoms with Crippen molar-refractivity contribution in [3.8, 4) is 17.2 Å². The smallest absolute Gasteiger partial charge is 0.142 e. The molecule has 0 saturated carbocycles. The minimum Gasteiger partial charge on any atom is -0.383 e. The highest BCUT2D eigenvalue weighted by Gasteiger charge is 2.23. The fourth-order valence-corrected chi connectivity index (χ4v) is 3.12. The maximum absolute atomic E-state index is 9.45. The van der Waals surface area contributed by atoms with Crippen molar-refractivity contribution in [2.24, 2.45) is 0 Å². The number of anilines is 1. The number of rotatable bonds is 1. The van der Waals surface area contributed by atoms with E-state index in [0.29, 0.717) is 22.2 Å². The van der Waals surface area contributed by atoms with Crippen molar-refractivity contribution in [3.05, 3.63) is 45.1 Å². The molecule has 6 heteroatoms. The maximum atomic E-state index is 9.45. The van der Waals surface area contributed by atoms with Gasteiger partial charge >= 0.3 is 0 Å².